The van der Waals surface area contributed by atoms with Crippen LogP contribution in [0.2, 0.25) is 0 Å². The highest BCUT2D eigenvalue weighted by Gasteiger charge is 2.39. The summed E-state index contributed by atoms with van der Waals surface area (Å²) >= 11 is 0. The van der Waals surface area contributed by atoms with Crippen molar-refractivity contribution in [2.45, 2.75) is 57.0 Å². The Bertz CT molecular complexity index is 883. The molecular weight excluding hydrogens is 506 g/mol. The van der Waals surface area contributed by atoms with Crippen molar-refractivity contribution in [3.8, 4) is 0 Å². The zero-order chi connectivity index (χ0) is 27.1. The molecule has 204 valence electrons. The van der Waals surface area contributed by atoms with Crippen molar-refractivity contribution in [3.63, 3.8) is 0 Å². The zero-order valence-electron chi connectivity index (χ0n) is 19.0. The van der Waals surface area contributed by atoms with Gasteiger partial charge in [0.1, 0.15) is 0 Å². The molecular formula is C20H26F6N4O6. The molecule has 3 aliphatic heterocycles. The highest BCUT2D eigenvalue weighted by Crippen LogP contribution is 2.26. The van der Waals surface area contributed by atoms with Gasteiger partial charge in [-0.25, -0.2) is 9.59 Å². The van der Waals surface area contributed by atoms with Gasteiger partial charge in [-0.3, -0.25) is 14.8 Å². The Hall–Kier alpha value is -2.88. The molecule has 16 heteroatoms. The number of hydrogen-bond acceptors (Lipinski definition) is 6. The van der Waals surface area contributed by atoms with Crippen LogP contribution in [-0.4, -0.2) is 99.3 Å². The molecule has 0 saturated carbocycles. The van der Waals surface area contributed by atoms with E-state index in [1.54, 1.807) is 0 Å². The summed E-state index contributed by atoms with van der Waals surface area (Å²) in [5.74, 6) is -5.40. The Morgan fingerprint density at radius 1 is 0.917 bits per heavy atom. The van der Waals surface area contributed by atoms with E-state index in [1.807, 2.05) is 4.90 Å². The van der Waals surface area contributed by atoms with E-state index >= 15 is 0 Å². The normalized spacial score (nSPS) is 18.9. The van der Waals surface area contributed by atoms with Crippen molar-refractivity contribution in [1.29, 1.82) is 0 Å². The number of H-pyrrole nitrogens is 1. The number of fused-ring (bicyclic) bond motifs is 1. The van der Waals surface area contributed by atoms with Gasteiger partial charge >= 0.3 is 24.3 Å². The van der Waals surface area contributed by atoms with E-state index in [9.17, 15) is 31.1 Å². The number of hydrogen-bond donors (Lipinski definition) is 3. The summed E-state index contributed by atoms with van der Waals surface area (Å²) in [6, 6.07) is 0.589. The molecule has 4 rings (SSSR count). The van der Waals surface area contributed by atoms with E-state index in [0.717, 1.165) is 82.8 Å². The van der Waals surface area contributed by atoms with Crippen molar-refractivity contribution in [3.05, 3.63) is 17.0 Å². The molecule has 0 unspecified atom stereocenters. The quantitative estimate of drug-likeness (QED) is 0.495. The maximum atomic E-state index is 12.7. The molecule has 1 amide bonds. The average molecular weight is 532 g/mol. The molecule has 3 aliphatic rings. The number of aromatic nitrogens is 2. The standard InChI is InChI=1S/C16H24N4O2.2C2HF3O2/c21-16(19-6-1-2-7-19)15-13-11-20(8-3-14(13)17-18-15)12-4-9-22-10-5-12;2*3-2(4,5)1(6)7/h12H,1-11H2,(H,17,18);2*(H,6,7). The van der Waals surface area contributed by atoms with Gasteiger partial charge in [0.05, 0.1) is 0 Å². The monoisotopic (exact) mass is 532 g/mol. The van der Waals surface area contributed by atoms with Crippen LogP contribution in [0.1, 0.15) is 47.4 Å². The van der Waals surface area contributed by atoms with Gasteiger partial charge in [-0.15, -0.1) is 0 Å². The van der Waals surface area contributed by atoms with Crippen molar-refractivity contribution < 1.29 is 55.7 Å². The van der Waals surface area contributed by atoms with Gasteiger partial charge in [-0.2, -0.15) is 31.4 Å². The van der Waals surface area contributed by atoms with Crippen molar-refractivity contribution >= 4 is 17.8 Å². The maximum Gasteiger partial charge on any atom is 0.490 e. The highest BCUT2D eigenvalue weighted by molar-refractivity contribution is 5.94. The molecule has 0 aliphatic carbocycles. The van der Waals surface area contributed by atoms with E-state index in [1.165, 1.54) is 0 Å². The summed E-state index contributed by atoms with van der Waals surface area (Å²) in [6.45, 7) is 5.38. The molecule has 2 fully saturated rings. The van der Waals surface area contributed by atoms with Crippen molar-refractivity contribution in [2.75, 3.05) is 32.8 Å². The smallest absolute Gasteiger partial charge is 0.475 e. The van der Waals surface area contributed by atoms with Crippen molar-refractivity contribution in [2.24, 2.45) is 0 Å². The lowest BCUT2D eigenvalue weighted by molar-refractivity contribution is -0.193. The topological polar surface area (TPSA) is 136 Å². The van der Waals surface area contributed by atoms with Gasteiger partial charge < -0.3 is 19.8 Å². The average Bonchev–Trinajstić information content (AvgIpc) is 3.49. The number of carboxylic acids is 2. The molecule has 10 nitrogen and oxygen atoms in total. The first-order valence-corrected chi connectivity index (χ1v) is 11.0. The third kappa shape index (κ3) is 8.36. The Morgan fingerprint density at radius 2 is 1.42 bits per heavy atom. The number of alkyl halides is 6. The minimum absolute atomic E-state index is 0.115. The summed E-state index contributed by atoms with van der Waals surface area (Å²) in [5.41, 5.74) is 2.95. The summed E-state index contributed by atoms with van der Waals surface area (Å²) in [7, 11) is 0. The van der Waals surface area contributed by atoms with Crippen LogP contribution in [0, 0.1) is 0 Å². The second-order valence-corrected chi connectivity index (χ2v) is 8.20. The highest BCUT2D eigenvalue weighted by atomic mass is 19.4. The predicted molar refractivity (Wildman–Crippen MR) is 109 cm³/mol. The largest absolute Gasteiger partial charge is 0.490 e. The Kier molecular flexibility index (Phi) is 10.1. The fourth-order valence-electron chi connectivity index (χ4n) is 3.92. The Balaban J connectivity index is 0.000000271. The lowest BCUT2D eigenvalue weighted by Crippen LogP contribution is -2.42. The molecule has 1 aromatic heterocycles. The molecule has 0 atom stereocenters. The Morgan fingerprint density at radius 3 is 1.89 bits per heavy atom. The van der Waals surface area contributed by atoms with E-state index in [0.29, 0.717) is 11.7 Å². The second kappa shape index (κ2) is 12.4. The number of ether oxygens (including phenoxy) is 1. The first-order valence-electron chi connectivity index (χ1n) is 11.0. The molecule has 0 bridgehead atoms. The third-order valence-corrected chi connectivity index (χ3v) is 5.75. The number of carbonyl (C=O) groups is 3. The number of aromatic amines is 1. The first kappa shape index (κ1) is 29.4. The Labute approximate surface area is 201 Å². The van der Waals surface area contributed by atoms with Gasteiger partial charge in [0.2, 0.25) is 0 Å². The van der Waals surface area contributed by atoms with Crippen LogP contribution in [-0.2, 0) is 27.3 Å². The summed E-state index contributed by atoms with van der Waals surface area (Å²) in [6.07, 6.45) is -4.77. The molecule has 1 aromatic rings. The van der Waals surface area contributed by atoms with Crippen LogP contribution in [0.3, 0.4) is 0 Å². The number of rotatable bonds is 2. The molecule has 0 radical (unpaired) electrons. The second-order valence-electron chi connectivity index (χ2n) is 8.20. The first-order chi connectivity index (χ1) is 16.7. The molecule has 2 saturated heterocycles. The van der Waals surface area contributed by atoms with Crippen LogP contribution in [0.4, 0.5) is 26.3 Å². The lowest BCUT2D eigenvalue weighted by atomic mass is 9.99. The molecule has 0 aromatic carbocycles. The number of likely N-dealkylation sites (tertiary alicyclic amines) is 1. The zero-order valence-corrected chi connectivity index (χ0v) is 19.0. The van der Waals surface area contributed by atoms with Crippen LogP contribution in [0.25, 0.3) is 0 Å². The fraction of sp³-hybridized carbons (Fsp3) is 0.700. The van der Waals surface area contributed by atoms with Crippen LogP contribution in [0.15, 0.2) is 0 Å². The van der Waals surface area contributed by atoms with Gasteiger partial charge in [0.15, 0.2) is 5.69 Å². The number of carboxylic acid groups (broad SMARTS) is 2. The number of aliphatic carboxylic acids is 2. The number of nitrogens with one attached hydrogen (secondary N) is 1. The van der Waals surface area contributed by atoms with Crippen molar-refractivity contribution in [1.82, 2.24) is 20.0 Å². The number of halogens is 6. The maximum absolute atomic E-state index is 12.7. The minimum Gasteiger partial charge on any atom is -0.475 e. The van der Waals surface area contributed by atoms with Crippen LogP contribution in [0.5, 0.6) is 0 Å². The van der Waals surface area contributed by atoms with Gasteiger partial charge in [-0.05, 0) is 25.7 Å². The molecule has 4 heterocycles. The number of amides is 1. The lowest BCUT2D eigenvalue weighted by Gasteiger charge is -2.36. The van der Waals surface area contributed by atoms with E-state index in [4.69, 9.17) is 24.5 Å². The van der Waals surface area contributed by atoms with E-state index < -0.39 is 24.3 Å². The number of nitrogens with zero attached hydrogens (tertiary/aromatic N) is 3. The van der Waals surface area contributed by atoms with Crippen LogP contribution < -0.4 is 0 Å². The molecule has 3 N–H and O–H groups in total. The van der Waals surface area contributed by atoms with Crippen LogP contribution >= 0.6 is 0 Å². The van der Waals surface area contributed by atoms with Gasteiger partial charge in [0.25, 0.3) is 5.91 Å². The van der Waals surface area contributed by atoms with E-state index in [-0.39, 0.29) is 5.91 Å². The predicted octanol–water partition coefficient (Wildman–Crippen LogP) is 2.45. The summed E-state index contributed by atoms with van der Waals surface area (Å²) in [5, 5.41) is 21.7. The minimum atomic E-state index is -5.08. The summed E-state index contributed by atoms with van der Waals surface area (Å²) < 4.78 is 68.9. The van der Waals surface area contributed by atoms with Gasteiger partial charge in [0, 0.05) is 63.1 Å². The fourth-order valence-corrected chi connectivity index (χ4v) is 3.92. The van der Waals surface area contributed by atoms with E-state index in [2.05, 4.69) is 15.1 Å². The molecule has 36 heavy (non-hydrogen) atoms. The van der Waals surface area contributed by atoms with Gasteiger partial charge in [-0.1, -0.05) is 0 Å². The third-order valence-electron chi connectivity index (χ3n) is 5.75. The SMILES string of the molecule is O=C(O)C(F)(F)F.O=C(O)C(F)(F)F.O=C(c1n[nH]c2c1CN(C1CCOCC1)CC2)N1CCCC1. The molecule has 0 spiro atoms. The summed E-state index contributed by atoms with van der Waals surface area (Å²) in [4.78, 5) is 34.9. The number of carbonyl (C=O) groups excluding carboxylic acids is 1.